The molecule has 31 heavy (non-hydrogen) atoms. The number of H-pyrrole nitrogens is 1. The summed E-state index contributed by atoms with van der Waals surface area (Å²) in [5, 5.41) is 0.506. The Morgan fingerprint density at radius 1 is 1.23 bits per heavy atom. The minimum Gasteiger partial charge on any atom is -0.466 e. The van der Waals surface area contributed by atoms with Crippen LogP contribution in [-0.4, -0.2) is 70.8 Å². The zero-order valence-electron chi connectivity index (χ0n) is 17.9. The number of carbonyl (C=O) groups excluding carboxylic acids is 3. The molecular weight excluding hydrogens is 400 g/mol. The smallest absolute Gasteiger partial charge is 0.309 e. The van der Waals surface area contributed by atoms with Gasteiger partial charge in [0.15, 0.2) is 0 Å². The predicted octanol–water partition coefficient (Wildman–Crippen LogP) is 1.12. The fourth-order valence-corrected chi connectivity index (χ4v) is 3.69. The third kappa shape index (κ3) is 5.68. The number of nitrogens with zero attached hydrogens (tertiary/aromatic N) is 3. The molecule has 166 valence electrons. The summed E-state index contributed by atoms with van der Waals surface area (Å²) in [4.78, 5) is 59.1. The number of benzene rings is 1. The van der Waals surface area contributed by atoms with E-state index in [-0.39, 0.29) is 48.6 Å². The number of ether oxygens (including phenoxy) is 1. The lowest BCUT2D eigenvalue weighted by molar-refractivity contribution is -0.151. The molecule has 1 aliphatic rings. The van der Waals surface area contributed by atoms with Crippen LogP contribution in [0, 0.1) is 5.92 Å². The fourth-order valence-electron chi connectivity index (χ4n) is 3.69. The number of esters is 1. The lowest BCUT2D eigenvalue weighted by Crippen LogP contribution is -2.45. The highest BCUT2D eigenvalue weighted by molar-refractivity contribution is 5.85. The Morgan fingerprint density at radius 2 is 1.94 bits per heavy atom. The highest BCUT2D eigenvalue weighted by Crippen LogP contribution is 2.19. The van der Waals surface area contributed by atoms with Crippen molar-refractivity contribution in [2.24, 2.45) is 5.92 Å². The monoisotopic (exact) mass is 428 g/mol. The maximum absolute atomic E-state index is 12.5. The molecule has 1 aromatic heterocycles. The van der Waals surface area contributed by atoms with Gasteiger partial charge in [-0.25, -0.2) is 4.98 Å². The lowest BCUT2D eigenvalue weighted by atomic mass is 9.97. The Labute approximate surface area is 180 Å². The van der Waals surface area contributed by atoms with Crippen LogP contribution in [0.15, 0.2) is 29.1 Å². The van der Waals surface area contributed by atoms with Gasteiger partial charge in [0.25, 0.3) is 5.56 Å². The first-order valence-electron chi connectivity index (χ1n) is 10.5. The second kappa shape index (κ2) is 10.2. The fraction of sp³-hybridized carbons (Fsp3) is 0.500. The maximum atomic E-state index is 12.5. The van der Waals surface area contributed by atoms with Crippen LogP contribution >= 0.6 is 0 Å². The van der Waals surface area contributed by atoms with E-state index in [4.69, 9.17) is 4.74 Å². The molecule has 0 saturated carbocycles. The number of nitrogens with one attached hydrogen (secondary N) is 1. The van der Waals surface area contributed by atoms with Crippen molar-refractivity contribution < 1.29 is 19.1 Å². The van der Waals surface area contributed by atoms with Gasteiger partial charge in [0, 0.05) is 33.0 Å². The molecule has 0 radical (unpaired) electrons. The van der Waals surface area contributed by atoms with Crippen LogP contribution in [0.4, 0.5) is 0 Å². The van der Waals surface area contributed by atoms with Crippen LogP contribution in [0.25, 0.3) is 10.9 Å². The molecule has 9 heteroatoms. The zero-order valence-corrected chi connectivity index (χ0v) is 17.9. The van der Waals surface area contributed by atoms with Crippen molar-refractivity contribution >= 4 is 28.7 Å². The summed E-state index contributed by atoms with van der Waals surface area (Å²) in [6.45, 7) is 3.06. The molecule has 1 N–H and O–H groups in total. The van der Waals surface area contributed by atoms with Crippen molar-refractivity contribution in [2.75, 3.05) is 33.3 Å². The Morgan fingerprint density at radius 3 is 2.65 bits per heavy atom. The normalized spacial score (nSPS) is 14.5. The number of likely N-dealkylation sites (tertiary alicyclic amines) is 1. The summed E-state index contributed by atoms with van der Waals surface area (Å²) in [5.41, 5.74) is 0.353. The van der Waals surface area contributed by atoms with Gasteiger partial charge in [-0.2, -0.15) is 0 Å². The third-order valence-electron chi connectivity index (χ3n) is 5.50. The highest BCUT2D eigenvalue weighted by atomic mass is 16.5. The first-order chi connectivity index (χ1) is 14.9. The number of aromatic nitrogens is 2. The summed E-state index contributed by atoms with van der Waals surface area (Å²) in [6, 6.07) is 7.03. The van der Waals surface area contributed by atoms with E-state index in [0.717, 1.165) is 0 Å². The van der Waals surface area contributed by atoms with E-state index in [0.29, 0.717) is 49.3 Å². The van der Waals surface area contributed by atoms with Crippen LogP contribution < -0.4 is 5.56 Å². The quantitative estimate of drug-likeness (QED) is 0.661. The van der Waals surface area contributed by atoms with Gasteiger partial charge in [0.1, 0.15) is 5.82 Å². The number of piperidine rings is 1. The van der Waals surface area contributed by atoms with Gasteiger partial charge in [-0.05, 0) is 31.9 Å². The number of aromatic amines is 1. The second-order valence-corrected chi connectivity index (χ2v) is 7.69. The van der Waals surface area contributed by atoms with E-state index in [1.165, 1.54) is 4.90 Å². The Balaban J connectivity index is 1.48. The number of hydrogen-bond acceptors (Lipinski definition) is 6. The van der Waals surface area contributed by atoms with Gasteiger partial charge in [0.05, 0.1) is 30.0 Å². The van der Waals surface area contributed by atoms with Crippen LogP contribution in [0.2, 0.25) is 0 Å². The van der Waals surface area contributed by atoms with E-state index in [9.17, 15) is 19.2 Å². The molecule has 2 heterocycles. The standard InChI is InChI=1S/C22H28N4O5/c1-3-31-22(30)15-10-12-26(13-11-15)20(28)14-25(2)19(27)9-8-18-23-17-7-5-4-6-16(17)21(29)24-18/h4-7,15H,3,8-14H2,1-2H3,(H,23,24,29). The average Bonchev–Trinajstić information content (AvgIpc) is 2.77. The van der Waals surface area contributed by atoms with Crippen LogP contribution in [-0.2, 0) is 25.5 Å². The number of hydrogen-bond donors (Lipinski definition) is 1. The molecule has 0 atom stereocenters. The summed E-state index contributed by atoms with van der Waals surface area (Å²) in [7, 11) is 1.59. The highest BCUT2D eigenvalue weighted by Gasteiger charge is 2.28. The van der Waals surface area contributed by atoms with Crippen molar-refractivity contribution in [1.82, 2.24) is 19.8 Å². The summed E-state index contributed by atoms with van der Waals surface area (Å²) in [5.74, 6) is -0.277. The number of carbonyl (C=O) groups is 3. The second-order valence-electron chi connectivity index (χ2n) is 7.69. The average molecular weight is 428 g/mol. The van der Waals surface area contributed by atoms with Crippen molar-refractivity contribution in [2.45, 2.75) is 32.6 Å². The van der Waals surface area contributed by atoms with Crippen LogP contribution in [0.3, 0.4) is 0 Å². The molecule has 0 aliphatic carbocycles. The summed E-state index contributed by atoms with van der Waals surface area (Å²) < 4.78 is 5.04. The van der Waals surface area contributed by atoms with Gasteiger partial charge in [-0.15, -0.1) is 0 Å². The van der Waals surface area contributed by atoms with Gasteiger partial charge in [-0.1, -0.05) is 12.1 Å². The summed E-state index contributed by atoms with van der Waals surface area (Å²) >= 11 is 0. The van der Waals surface area contributed by atoms with E-state index in [2.05, 4.69) is 9.97 Å². The maximum Gasteiger partial charge on any atom is 0.309 e. The van der Waals surface area contributed by atoms with Gasteiger partial charge >= 0.3 is 5.97 Å². The van der Waals surface area contributed by atoms with Crippen LogP contribution in [0.1, 0.15) is 32.0 Å². The minimum atomic E-state index is -0.234. The Hall–Kier alpha value is -3.23. The number of rotatable bonds is 7. The van der Waals surface area contributed by atoms with E-state index in [1.54, 1.807) is 43.1 Å². The van der Waals surface area contributed by atoms with Crippen molar-refractivity contribution in [1.29, 1.82) is 0 Å². The van der Waals surface area contributed by atoms with Crippen LogP contribution in [0.5, 0.6) is 0 Å². The van der Waals surface area contributed by atoms with E-state index < -0.39 is 0 Å². The first-order valence-corrected chi connectivity index (χ1v) is 10.5. The number of para-hydroxylation sites is 1. The predicted molar refractivity (Wildman–Crippen MR) is 114 cm³/mol. The molecule has 1 aliphatic heterocycles. The number of likely N-dealkylation sites (N-methyl/N-ethyl adjacent to an activating group) is 1. The number of aryl methyl sites for hydroxylation is 1. The van der Waals surface area contributed by atoms with Crippen molar-refractivity contribution in [3.05, 3.63) is 40.4 Å². The molecule has 2 amide bonds. The SMILES string of the molecule is CCOC(=O)C1CCN(C(=O)CN(C)C(=O)CCc2nc3ccccc3c(=O)[nH]2)CC1. The molecule has 9 nitrogen and oxygen atoms in total. The Kier molecular flexibility index (Phi) is 7.38. The molecule has 1 fully saturated rings. The molecule has 0 spiro atoms. The van der Waals surface area contributed by atoms with Crippen molar-refractivity contribution in [3.63, 3.8) is 0 Å². The van der Waals surface area contributed by atoms with E-state index in [1.807, 2.05) is 0 Å². The topological polar surface area (TPSA) is 113 Å². The van der Waals surface area contributed by atoms with Gasteiger partial charge in [0.2, 0.25) is 11.8 Å². The van der Waals surface area contributed by atoms with Gasteiger partial charge in [-0.3, -0.25) is 19.2 Å². The largest absolute Gasteiger partial charge is 0.466 e. The molecule has 1 aromatic carbocycles. The zero-order chi connectivity index (χ0) is 22.4. The minimum absolute atomic E-state index is 0.0232. The molecule has 3 rings (SSSR count). The number of amides is 2. The molecule has 1 saturated heterocycles. The first kappa shape index (κ1) is 22.5. The van der Waals surface area contributed by atoms with E-state index >= 15 is 0 Å². The molecule has 0 unspecified atom stereocenters. The lowest BCUT2D eigenvalue weighted by Gasteiger charge is -2.32. The third-order valence-corrected chi connectivity index (χ3v) is 5.50. The molecule has 2 aromatic rings. The number of fused-ring (bicyclic) bond motifs is 1. The molecule has 0 bridgehead atoms. The van der Waals surface area contributed by atoms with Crippen molar-refractivity contribution in [3.8, 4) is 0 Å². The molecular formula is C22H28N4O5. The summed E-state index contributed by atoms with van der Waals surface area (Å²) in [6.07, 6.45) is 1.56. The van der Waals surface area contributed by atoms with Gasteiger partial charge < -0.3 is 19.5 Å². The Bertz CT molecular complexity index is 1010.